The molecule has 0 aliphatic carbocycles. The first-order valence-corrected chi connectivity index (χ1v) is 5.78. The van der Waals surface area contributed by atoms with Crippen LogP contribution in [0.3, 0.4) is 0 Å². The van der Waals surface area contributed by atoms with Crippen LogP contribution in [-0.4, -0.2) is 46.7 Å². The van der Waals surface area contributed by atoms with Crippen LogP contribution in [-0.2, 0) is 14.3 Å². The minimum absolute atomic E-state index is 0.0336. The van der Waals surface area contributed by atoms with Crippen molar-refractivity contribution < 1.29 is 19.4 Å². The molecule has 0 saturated carbocycles. The standard InChI is InChI=1S/C11H17NO4/c1-7-3-2-6-12(7)10(13)8-4-5-9(16-8)11(14)15/h7-9H,2-6H2,1H3,(H,14,15)/t7?,8-,9+/m0/s1. The molecule has 0 radical (unpaired) electrons. The molecule has 90 valence electrons. The van der Waals surface area contributed by atoms with E-state index in [0.29, 0.717) is 12.8 Å². The molecule has 2 aliphatic rings. The van der Waals surface area contributed by atoms with Crippen molar-refractivity contribution in [3.63, 3.8) is 0 Å². The summed E-state index contributed by atoms with van der Waals surface area (Å²) in [6.45, 7) is 2.80. The highest BCUT2D eigenvalue weighted by atomic mass is 16.5. The molecule has 0 aromatic carbocycles. The van der Waals surface area contributed by atoms with Crippen molar-refractivity contribution >= 4 is 11.9 Å². The van der Waals surface area contributed by atoms with E-state index in [1.807, 2.05) is 11.8 Å². The van der Waals surface area contributed by atoms with Gasteiger partial charge in [0.1, 0.15) is 6.10 Å². The second-order valence-corrected chi connectivity index (χ2v) is 4.55. The van der Waals surface area contributed by atoms with E-state index in [9.17, 15) is 9.59 Å². The molecule has 5 nitrogen and oxygen atoms in total. The van der Waals surface area contributed by atoms with Crippen LogP contribution in [0.25, 0.3) is 0 Å². The molecule has 1 N–H and O–H groups in total. The first kappa shape index (κ1) is 11.4. The van der Waals surface area contributed by atoms with Gasteiger partial charge in [-0.3, -0.25) is 4.79 Å². The van der Waals surface area contributed by atoms with Crippen molar-refractivity contribution in [1.82, 2.24) is 4.90 Å². The lowest BCUT2D eigenvalue weighted by Gasteiger charge is -2.24. The number of likely N-dealkylation sites (tertiary alicyclic amines) is 1. The molecule has 2 saturated heterocycles. The summed E-state index contributed by atoms with van der Waals surface area (Å²) in [4.78, 5) is 24.6. The van der Waals surface area contributed by atoms with Gasteiger partial charge in [0.15, 0.2) is 6.10 Å². The van der Waals surface area contributed by atoms with Crippen LogP contribution in [0.1, 0.15) is 32.6 Å². The summed E-state index contributed by atoms with van der Waals surface area (Å²) in [6.07, 6.45) is 1.68. The number of carbonyl (C=O) groups excluding carboxylic acids is 1. The average Bonchev–Trinajstić information content (AvgIpc) is 2.84. The van der Waals surface area contributed by atoms with Gasteiger partial charge in [0.2, 0.25) is 0 Å². The van der Waals surface area contributed by atoms with Crippen molar-refractivity contribution in [1.29, 1.82) is 0 Å². The summed E-state index contributed by atoms with van der Waals surface area (Å²) in [5.74, 6) is -1.00. The molecular formula is C11H17NO4. The van der Waals surface area contributed by atoms with Gasteiger partial charge in [-0.1, -0.05) is 0 Å². The third-order valence-electron chi connectivity index (χ3n) is 3.41. The minimum Gasteiger partial charge on any atom is -0.479 e. The molecule has 2 aliphatic heterocycles. The predicted molar refractivity (Wildman–Crippen MR) is 55.9 cm³/mol. The maximum absolute atomic E-state index is 12.0. The van der Waals surface area contributed by atoms with Gasteiger partial charge in [-0.05, 0) is 32.6 Å². The van der Waals surface area contributed by atoms with Crippen LogP contribution in [0, 0.1) is 0 Å². The van der Waals surface area contributed by atoms with E-state index in [2.05, 4.69) is 0 Å². The number of aliphatic carboxylic acids is 1. The van der Waals surface area contributed by atoms with E-state index >= 15 is 0 Å². The highest BCUT2D eigenvalue weighted by Crippen LogP contribution is 2.25. The van der Waals surface area contributed by atoms with Gasteiger partial charge in [0.25, 0.3) is 5.91 Å². The summed E-state index contributed by atoms with van der Waals surface area (Å²) in [6, 6.07) is 0.264. The molecule has 2 fully saturated rings. The molecule has 0 bridgehead atoms. The zero-order valence-corrected chi connectivity index (χ0v) is 9.39. The number of nitrogens with zero attached hydrogens (tertiary/aromatic N) is 1. The molecule has 16 heavy (non-hydrogen) atoms. The second-order valence-electron chi connectivity index (χ2n) is 4.55. The Morgan fingerprint density at radius 1 is 1.25 bits per heavy atom. The topological polar surface area (TPSA) is 66.8 Å². The van der Waals surface area contributed by atoms with Gasteiger partial charge in [0.05, 0.1) is 0 Å². The van der Waals surface area contributed by atoms with Crippen molar-refractivity contribution in [2.75, 3.05) is 6.54 Å². The normalized spacial score (nSPS) is 34.3. The maximum atomic E-state index is 12.0. The molecule has 2 rings (SSSR count). The number of carbonyl (C=O) groups is 2. The first-order chi connectivity index (χ1) is 7.59. The highest BCUT2D eigenvalue weighted by molar-refractivity contribution is 5.83. The van der Waals surface area contributed by atoms with E-state index in [0.717, 1.165) is 19.4 Å². The third-order valence-corrected chi connectivity index (χ3v) is 3.41. The Morgan fingerprint density at radius 3 is 2.44 bits per heavy atom. The predicted octanol–water partition coefficient (Wildman–Crippen LogP) is 0.629. The summed E-state index contributed by atoms with van der Waals surface area (Å²) in [7, 11) is 0. The van der Waals surface area contributed by atoms with Crippen LogP contribution in [0.5, 0.6) is 0 Å². The van der Waals surface area contributed by atoms with Gasteiger partial charge in [0, 0.05) is 12.6 Å². The summed E-state index contributed by atoms with van der Waals surface area (Å²) in [5, 5.41) is 8.78. The largest absolute Gasteiger partial charge is 0.479 e. The van der Waals surface area contributed by atoms with Crippen LogP contribution in [0.15, 0.2) is 0 Å². The lowest BCUT2D eigenvalue weighted by Crippen LogP contribution is -2.41. The van der Waals surface area contributed by atoms with Crippen LogP contribution >= 0.6 is 0 Å². The molecule has 5 heteroatoms. The molecule has 1 unspecified atom stereocenters. The molecule has 0 spiro atoms. The zero-order valence-electron chi connectivity index (χ0n) is 9.39. The zero-order chi connectivity index (χ0) is 11.7. The van der Waals surface area contributed by atoms with E-state index < -0.39 is 18.2 Å². The number of carboxylic acids is 1. The quantitative estimate of drug-likeness (QED) is 0.751. The number of hydrogen-bond donors (Lipinski definition) is 1. The van der Waals surface area contributed by atoms with Gasteiger partial charge >= 0.3 is 5.97 Å². The van der Waals surface area contributed by atoms with Crippen LogP contribution in [0.2, 0.25) is 0 Å². The Balaban J connectivity index is 1.94. The molecule has 3 atom stereocenters. The fourth-order valence-electron chi connectivity index (χ4n) is 2.45. The Hall–Kier alpha value is -1.10. The van der Waals surface area contributed by atoms with Gasteiger partial charge in [-0.2, -0.15) is 0 Å². The van der Waals surface area contributed by atoms with Crippen molar-refractivity contribution in [3.8, 4) is 0 Å². The van der Waals surface area contributed by atoms with Crippen LogP contribution < -0.4 is 0 Å². The third kappa shape index (κ3) is 2.04. The fourth-order valence-corrected chi connectivity index (χ4v) is 2.45. The molecule has 0 aromatic rings. The number of hydrogen-bond acceptors (Lipinski definition) is 3. The highest BCUT2D eigenvalue weighted by Gasteiger charge is 2.38. The monoisotopic (exact) mass is 227 g/mol. The Labute approximate surface area is 94.4 Å². The van der Waals surface area contributed by atoms with E-state index in [-0.39, 0.29) is 11.9 Å². The fraction of sp³-hybridized carbons (Fsp3) is 0.818. The molecule has 0 aromatic heterocycles. The lowest BCUT2D eigenvalue weighted by atomic mass is 10.1. The Morgan fingerprint density at radius 2 is 1.94 bits per heavy atom. The van der Waals surface area contributed by atoms with E-state index in [1.165, 1.54) is 0 Å². The summed E-state index contributed by atoms with van der Waals surface area (Å²) in [5.41, 5.74) is 0. The maximum Gasteiger partial charge on any atom is 0.332 e. The van der Waals surface area contributed by atoms with Crippen molar-refractivity contribution in [2.45, 2.75) is 50.9 Å². The van der Waals surface area contributed by atoms with Gasteiger partial charge < -0.3 is 14.7 Å². The van der Waals surface area contributed by atoms with Crippen LogP contribution in [0.4, 0.5) is 0 Å². The van der Waals surface area contributed by atoms with Gasteiger partial charge in [-0.25, -0.2) is 4.79 Å². The number of carboxylic acid groups (broad SMARTS) is 1. The number of amides is 1. The smallest absolute Gasteiger partial charge is 0.332 e. The summed E-state index contributed by atoms with van der Waals surface area (Å²) < 4.78 is 5.25. The molecular weight excluding hydrogens is 210 g/mol. The van der Waals surface area contributed by atoms with E-state index in [4.69, 9.17) is 9.84 Å². The first-order valence-electron chi connectivity index (χ1n) is 5.78. The lowest BCUT2D eigenvalue weighted by molar-refractivity contribution is -0.155. The summed E-state index contributed by atoms with van der Waals surface area (Å²) >= 11 is 0. The van der Waals surface area contributed by atoms with E-state index in [1.54, 1.807) is 0 Å². The second kappa shape index (κ2) is 4.41. The Kier molecular flexibility index (Phi) is 3.14. The SMILES string of the molecule is CC1CCCN1C(=O)[C@@H]1CC[C@H](C(=O)O)O1. The number of rotatable bonds is 2. The van der Waals surface area contributed by atoms with Crippen molar-refractivity contribution in [3.05, 3.63) is 0 Å². The average molecular weight is 227 g/mol. The molecule has 1 amide bonds. The Bertz CT molecular complexity index is 304. The minimum atomic E-state index is -0.968. The van der Waals surface area contributed by atoms with Crippen molar-refractivity contribution in [2.24, 2.45) is 0 Å². The molecule has 2 heterocycles. The van der Waals surface area contributed by atoms with Gasteiger partial charge in [-0.15, -0.1) is 0 Å². The number of ether oxygens (including phenoxy) is 1.